The van der Waals surface area contributed by atoms with Crippen molar-refractivity contribution in [2.45, 2.75) is 19.3 Å². The van der Waals surface area contributed by atoms with Crippen molar-refractivity contribution >= 4 is 5.84 Å². The van der Waals surface area contributed by atoms with Gasteiger partial charge in [0.1, 0.15) is 6.61 Å². The third kappa shape index (κ3) is 4.10. The molecule has 0 spiro atoms. The lowest BCUT2D eigenvalue weighted by atomic mass is 10.1. The zero-order valence-corrected chi connectivity index (χ0v) is 11.0. The second-order valence-corrected chi connectivity index (χ2v) is 4.62. The van der Waals surface area contributed by atoms with E-state index in [4.69, 9.17) is 15.7 Å². The number of hydrogen-bond acceptors (Lipinski definition) is 5. The van der Waals surface area contributed by atoms with Crippen molar-refractivity contribution in [3.63, 3.8) is 0 Å². The van der Waals surface area contributed by atoms with Gasteiger partial charge in [0.25, 0.3) is 0 Å². The number of oxime groups is 1. The van der Waals surface area contributed by atoms with Crippen LogP contribution >= 0.6 is 0 Å². The Bertz CT molecular complexity index is 430. The molecule has 19 heavy (non-hydrogen) atoms. The quantitative estimate of drug-likeness (QED) is 0.359. The summed E-state index contributed by atoms with van der Waals surface area (Å²) in [5.74, 6) is 0.560. The van der Waals surface area contributed by atoms with Crippen molar-refractivity contribution in [3.05, 3.63) is 23.9 Å². The summed E-state index contributed by atoms with van der Waals surface area (Å²) in [5, 5.41) is 11.6. The van der Waals surface area contributed by atoms with Crippen LogP contribution in [0.25, 0.3) is 0 Å². The van der Waals surface area contributed by atoms with E-state index in [-0.39, 0.29) is 5.84 Å². The minimum absolute atomic E-state index is 0.0586. The van der Waals surface area contributed by atoms with Crippen LogP contribution in [0.4, 0.5) is 0 Å². The molecule has 0 radical (unpaired) electrons. The molecule has 0 aliphatic carbocycles. The van der Waals surface area contributed by atoms with E-state index in [1.54, 1.807) is 18.3 Å². The number of aromatic nitrogens is 1. The summed E-state index contributed by atoms with van der Waals surface area (Å²) >= 11 is 0. The molecular formula is C13H20N4O2. The molecule has 104 valence electrons. The molecule has 0 saturated carbocycles. The van der Waals surface area contributed by atoms with Crippen molar-refractivity contribution in [1.29, 1.82) is 0 Å². The fourth-order valence-electron chi connectivity index (χ4n) is 2.17. The summed E-state index contributed by atoms with van der Waals surface area (Å²) in [6, 6.07) is 3.35. The molecule has 3 N–H and O–H groups in total. The van der Waals surface area contributed by atoms with Crippen LogP contribution in [0.1, 0.15) is 24.8 Å². The Hall–Kier alpha value is -1.82. The van der Waals surface area contributed by atoms with E-state index >= 15 is 0 Å². The summed E-state index contributed by atoms with van der Waals surface area (Å²) in [7, 11) is 0. The maximum absolute atomic E-state index is 8.62. The zero-order chi connectivity index (χ0) is 13.5. The first-order valence-corrected chi connectivity index (χ1v) is 6.58. The molecule has 1 aromatic rings. The molecule has 2 heterocycles. The molecule has 1 fully saturated rings. The third-order valence-corrected chi connectivity index (χ3v) is 3.24. The van der Waals surface area contributed by atoms with Gasteiger partial charge < -0.3 is 15.7 Å². The number of ether oxygens (including phenoxy) is 1. The van der Waals surface area contributed by atoms with Crippen LogP contribution in [0.15, 0.2) is 23.5 Å². The van der Waals surface area contributed by atoms with Crippen molar-refractivity contribution in [2.24, 2.45) is 10.9 Å². The molecule has 0 unspecified atom stereocenters. The fourth-order valence-corrected chi connectivity index (χ4v) is 2.17. The Morgan fingerprint density at radius 1 is 1.42 bits per heavy atom. The zero-order valence-electron chi connectivity index (χ0n) is 11.0. The maximum Gasteiger partial charge on any atom is 0.213 e. The highest BCUT2D eigenvalue weighted by Crippen LogP contribution is 2.11. The molecule has 2 rings (SSSR count). The van der Waals surface area contributed by atoms with Gasteiger partial charge in [0.2, 0.25) is 5.88 Å². The van der Waals surface area contributed by atoms with Crippen LogP contribution < -0.4 is 10.5 Å². The highest BCUT2D eigenvalue weighted by molar-refractivity contribution is 5.97. The van der Waals surface area contributed by atoms with Gasteiger partial charge in [-0.05, 0) is 32.0 Å². The van der Waals surface area contributed by atoms with Crippen molar-refractivity contribution in [1.82, 2.24) is 9.88 Å². The fraction of sp³-hybridized carbons (Fsp3) is 0.538. The molecule has 0 atom stereocenters. The molecule has 1 saturated heterocycles. The molecule has 1 aliphatic rings. The van der Waals surface area contributed by atoms with Crippen LogP contribution in [-0.4, -0.2) is 47.2 Å². The van der Waals surface area contributed by atoms with Crippen LogP contribution in [-0.2, 0) is 0 Å². The van der Waals surface area contributed by atoms with E-state index < -0.39 is 0 Å². The molecule has 0 aromatic carbocycles. The molecule has 6 heteroatoms. The smallest absolute Gasteiger partial charge is 0.213 e. The number of rotatable bonds is 5. The van der Waals surface area contributed by atoms with Crippen molar-refractivity contribution < 1.29 is 9.94 Å². The van der Waals surface area contributed by atoms with E-state index in [1.807, 2.05) is 0 Å². The third-order valence-electron chi connectivity index (χ3n) is 3.24. The Balaban J connectivity index is 1.82. The van der Waals surface area contributed by atoms with Gasteiger partial charge in [-0.15, -0.1) is 0 Å². The van der Waals surface area contributed by atoms with Gasteiger partial charge in [0.15, 0.2) is 5.84 Å². The van der Waals surface area contributed by atoms with Gasteiger partial charge in [0, 0.05) is 24.4 Å². The second-order valence-electron chi connectivity index (χ2n) is 4.62. The summed E-state index contributed by atoms with van der Waals surface area (Å²) in [6.07, 6.45) is 5.47. The molecule has 6 nitrogen and oxygen atoms in total. The first-order chi connectivity index (χ1) is 9.29. The number of piperidine rings is 1. The highest BCUT2D eigenvalue weighted by Gasteiger charge is 2.10. The van der Waals surface area contributed by atoms with Crippen molar-refractivity contribution in [3.8, 4) is 5.88 Å². The van der Waals surface area contributed by atoms with E-state index in [1.165, 1.54) is 19.3 Å². The number of amidine groups is 1. The number of hydrogen-bond donors (Lipinski definition) is 2. The Kier molecular flexibility index (Phi) is 4.97. The minimum Gasteiger partial charge on any atom is -0.476 e. The van der Waals surface area contributed by atoms with E-state index in [2.05, 4.69) is 15.0 Å². The number of nitrogens with two attached hydrogens (primary N) is 1. The standard InChI is InChI=1S/C13H20N4O2/c14-13(16-18)11-4-5-15-12(10-11)19-9-8-17-6-2-1-3-7-17/h4-5,10,18H,1-3,6-9H2,(H2,14,16). The molecule has 1 aliphatic heterocycles. The number of nitrogens with zero attached hydrogens (tertiary/aromatic N) is 3. The van der Waals surface area contributed by atoms with E-state index in [9.17, 15) is 0 Å². The molecular weight excluding hydrogens is 244 g/mol. The largest absolute Gasteiger partial charge is 0.476 e. The SMILES string of the molecule is N/C(=N/O)c1ccnc(OCCN2CCCCC2)c1. The second kappa shape index (κ2) is 6.94. The van der Waals surface area contributed by atoms with Crippen LogP contribution in [0.5, 0.6) is 5.88 Å². The Morgan fingerprint density at radius 2 is 2.21 bits per heavy atom. The van der Waals surface area contributed by atoms with E-state index in [0.717, 1.165) is 19.6 Å². The van der Waals surface area contributed by atoms with Gasteiger partial charge in [-0.25, -0.2) is 4.98 Å². The maximum atomic E-state index is 8.62. The lowest BCUT2D eigenvalue weighted by Gasteiger charge is -2.26. The van der Waals surface area contributed by atoms with Gasteiger partial charge in [0.05, 0.1) is 0 Å². The average Bonchev–Trinajstić information content (AvgIpc) is 2.48. The van der Waals surface area contributed by atoms with Gasteiger partial charge in [-0.2, -0.15) is 0 Å². The summed E-state index contributed by atoms with van der Waals surface area (Å²) < 4.78 is 5.60. The first-order valence-electron chi connectivity index (χ1n) is 6.58. The minimum atomic E-state index is 0.0586. The van der Waals surface area contributed by atoms with E-state index in [0.29, 0.717) is 18.1 Å². The van der Waals surface area contributed by atoms with Gasteiger partial charge >= 0.3 is 0 Å². The lowest BCUT2D eigenvalue weighted by Crippen LogP contribution is -2.33. The van der Waals surface area contributed by atoms with Crippen LogP contribution in [0.3, 0.4) is 0 Å². The Labute approximate surface area is 112 Å². The number of likely N-dealkylation sites (tertiary alicyclic amines) is 1. The topological polar surface area (TPSA) is 84.0 Å². The summed E-state index contributed by atoms with van der Waals surface area (Å²) in [4.78, 5) is 6.51. The first kappa shape index (κ1) is 13.6. The van der Waals surface area contributed by atoms with Crippen LogP contribution in [0, 0.1) is 0 Å². The van der Waals surface area contributed by atoms with Crippen LogP contribution in [0.2, 0.25) is 0 Å². The van der Waals surface area contributed by atoms with Crippen molar-refractivity contribution in [2.75, 3.05) is 26.2 Å². The monoisotopic (exact) mass is 264 g/mol. The van der Waals surface area contributed by atoms with Gasteiger partial charge in [-0.3, -0.25) is 4.90 Å². The predicted molar refractivity (Wildman–Crippen MR) is 72.5 cm³/mol. The normalized spacial score (nSPS) is 17.4. The molecule has 0 amide bonds. The molecule has 0 bridgehead atoms. The Morgan fingerprint density at radius 3 is 2.95 bits per heavy atom. The lowest BCUT2D eigenvalue weighted by molar-refractivity contribution is 0.180. The predicted octanol–water partition coefficient (Wildman–Crippen LogP) is 1.04. The highest BCUT2D eigenvalue weighted by atomic mass is 16.5. The molecule has 1 aromatic heterocycles. The average molecular weight is 264 g/mol. The van der Waals surface area contributed by atoms with Gasteiger partial charge in [-0.1, -0.05) is 11.6 Å². The number of pyridine rings is 1. The summed E-state index contributed by atoms with van der Waals surface area (Å²) in [6.45, 7) is 3.82. The summed E-state index contributed by atoms with van der Waals surface area (Å²) in [5.41, 5.74) is 6.12.